The molecule has 0 spiro atoms. The van der Waals surface area contributed by atoms with Crippen LogP contribution in [0.2, 0.25) is 0 Å². The number of nitrogens with one attached hydrogen (secondary N) is 2. The molecule has 1 aromatic rings. The van der Waals surface area contributed by atoms with Gasteiger partial charge in [0.2, 0.25) is 0 Å². The Morgan fingerprint density at radius 3 is 2.47 bits per heavy atom. The minimum atomic E-state index is -0.209. The molecule has 0 aliphatic heterocycles. The van der Waals surface area contributed by atoms with Crippen LogP contribution in [0.4, 0.5) is 4.79 Å². The molecule has 3 N–H and O–H groups in total. The second-order valence-corrected chi connectivity index (χ2v) is 5.52. The van der Waals surface area contributed by atoms with E-state index in [0.29, 0.717) is 6.54 Å². The molecule has 2 amide bonds. The number of phenols is 1. The lowest BCUT2D eigenvalue weighted by atomic mass is 9.97. The molecule has 0 heterocycles. The highest BCUT2D eigenvalue weighted by Gasteiger charge is 2.04. The van der Waals surface area contributed by atoms with Crippen molar-refractivity contribution < 1.29 is 9.90 Å². The predicted molar refractivity (Wildman–Crippen MR) is 76.9 cm³/mol. The molecule has 0 saturated carbocycles. The van der Waals surface area contributed by atoms with E-state index < -0.39 is 0 Å². The highest BCUT2D eigenvalue weighted by Crippen LogP contribution is 2.13. The van der Waals surface area contributed by atoms with Gasteiger partial charge in [0.25, 0.3) is 0 Å². The lowest BCUT2D eigenvalue weighted by Gasteiger charge is -2.11. The first-order chi connectivity index (χ1) is 8.87. The van der Waals surface area contributed by atoms with Gasteiger partial charge in [-0.2, -0.15) is 0 Å². The smallest absolute Gasteiger partial charge is 0.318 e. The van der Waals surface area contributed by atoms with Crippen molar-refractivity contribution in [2.75, 3.05) is 6.54 Å². The summed E-state index contributed by atoms with van der Waals surface area (Å²) in [6, 6.07) is 6.76. The fourth-order valence-electron chi connectivity index (χ4n) is 1.40. The van der Waals surface area contributed by atoms with Crippen molar-refractivity contribution in [2.45, 2.75) is 27.2 Å². The van der Waals surface area contributed by atoms with Gasteiger partial charge in [-0.05, 0) is 29.5 Å². The summed E-state index contributed by atoms with van der Waals surface area (Å²) in [6.45, 7) is 6.75. The van der Waals surface area contributed by atoms with Gasteiger partial charge in [0.05, 0.1) is 0 Å². The summed E-state index contributed by atoms with van der Waals surface area (Å²) in [5, 5.41) is 14.6. The van der Waals surface area contributed by atoms with Crippen LogP contribution in [0.3, 0.4) is 0 Å². The average Bonchev–Trinajstić information content (AvgIpc) is 2.30. The summed E-state index contributed by atoms with van der Waals surface area (Å²) < 4.78 is 0. The van der Waals surface area contributed by atoms with E-state index in [-0.39, 0.29) is 17.2 Å². The quantitative estimate of drug-likeness (QED) is 0.781. The largest absolute Gasteiger partial charge is 0.508 e. The van der Waals surface area contributed by atoms with E-state index in [2.05, 4.69) is 31.4 Å². The van der Waals surface area contributed by atoms with Crippen molar-refractivity contribution in [3.8, 4) is 5.75 Å². The number of carbonyl (C=O) groups is 1. The lowest BCUT2D eigenvalue weighted by molar-refractivity contribution is 0.244. The molecule has 0 fully saturated rings. The van der Waals surface area contributed by atoms with Crippen molar-refractivity contribution in [3.05, 3.63) is 42.1 Å². The SMILES string of the molecule is CC(C)(C)/C=C/NC(=O)NCCc1ccc(O)cc1. The summed E-state index contributed by atoms with van der Waals surface area (Å²) >= 11 is 0. The van der Waals surface area contributed by atoms with Crippen LogP contribution in [0, 0.1) is 5.41 Å². The van der Waals surface area contributed by atoms with E-state index in [1.54, 1.807) is 18.3 Å². The van der Waals surface area contributed by atoms with Gasteiger partial charge in [0.1, 0.15) is 5.75 Å². The van der Waals surface area contributed by atoms with Crippen molar-refractivity contribution in [2.24, 2.45) is 5.41 Å². The third-order valence-corrected chi connectivity index (χ3v) is 2.43. The van der Waals surface area contributed by atoms with Gasteiger partial charge in [-0.15, -0.1) is 0 Å². The fourth-order valence-corrected chi connectivity index (χ4v) is 1.40. The number of rotatable bonds is 4. The van der Waals surface area contributed by atoms with Gasteiger partial charge in [-0.1, -0.05) is 39.0 Å². The van der Waals surface area contributed by atoms with Gasteiger partial charge in [-0.25, -0.2) is 4.79 Å². The number of hydrogen-bond acceptors (Lipinski definition) is 2. The Labute approximate surface area is 114 Å². The first-order valence-electron chi connectivity index (χ1n) is 6.37. The number of hydrogen-bond donors (Lipinski definition) is 3. The molecule has 1 aromatic carbocycles. The van der Waals surface area contributed by atoms with E-state index in [4.69, 9.17) is 5.11 Å². The average molecular weight is 262 g/mol. The molecule has 19 heavy (non-hydrogen) atoms. The van der Waals surface area contributed by atoms with E-state index in [1.807, 2.05) is 18.2 Å². The van der Waals surface area contributed by atoms with Gasteiger partial charge >= 0.3 is 6.03 Å². The third-order valence-electron chi connectivity index (χ3n) is 2.43. The predicted octanol–water partition coefficient (Wildman–Crippen LogP) is 2.79. The molecule has 0 radical (unpaired) electrons. The molecular formula is C15H22N2O2. The summed E-state index contributed by atoms with van der Waals surface area (Å²) in [7, 11) is 0. The van der Waals surface area contributed by atoms with Crippen LogP contribution in [0.5, 0.6) is 5.75 Å². The Morgan fingerprint density at radius 2 is 1.89 bits per heavy atom. The molecule has 4 heteroatoms. The third kappa shape index (κ3) is 7.13. The Bertz CT molecular complexity index is 430. The zero-order valence-corrected chi connectivity index (χ0v) is 11.7. The summed E-state index contributed by atoms with van der Waals surface area (Å²) in [6.07, 6.45) is 4.33. The highest BCUT2D eigenvalue weighted by atomic mass is 16.3. The van der Waals surface area contributed by atoms with Crippen molar-refractivity contribution in [1.29, 1.82) is 0 Å². The summed E-state index contributed by atoms with van der Waals surface area (Å²) in [5.41, 5.74) is 1.13. The minimum Gasteiger partial charge on any atom is -0.508 e. The van der Waals surface area contributed by atoms with Crippen LogP contribution < -0.4 is 10.6 Å². The summed E-state index contributed by atoms with van der Waals surface area (Å²) in [4.78, 5) is 11.5. The zero-order chi connectivity index (χ0) is 14.3. The van der Waals surface area contributed by atoms with Gasteiger partial charge < -0.3 is 15.7 Å². The number of allylic oxidation sites excluding steroid dienone is 1. The minimum absolute atomic E-state index is 0.0549. The normalized spacial score (nSPS) is 11.5. The molecule has 4 nitrogen and oxygen atoms in total. The maximum absolute atomic E-state index is 11.5. The lowest BCUT2D eigenvalue weighted by Crippen LogP contribution is -2.33. The molecular weight excluding hydrogens is 240 g/mol. The second kappa shape index (κ2) is 6.83. The monoisotopic (exact) mass is 262 g/mol. The van der Waals surface area contributed by atoms with E-state index in [1.165, 1.54) is 0 Å². The molecule has 0 bridgehead atoms. The van der Waals surface area contributed by atoms with Crippen molar-refractivity contribution in [3.63, 3.8) is 0 Å². The van der Waals surface area contributed by atoms with Crippen LogP contribution in [0.15, 0.2) is 36.5 Å². The maximum Gasteiger partial charge on any atom is 0.318 e. The number of phenolic OH excluding ortho intramolecular Hbond substituents is 1. The number of benzene rings is 1. The molecule has 0 aliphatic carbocycles. The summed E-state index contributed by atoms with van der Waals surface area (Å²) in [5.74, 6) is 0.252. The highest BCUT2D eigenvalue weighted by molar-refractivity contribution is 5.74. The van der Waals surface area contributed by atoms with Crippen molar-refractivity contribution >= 4 is 6.03 Å². The van der Waals surface area contributed by atoms with Crippen LogP contribution in [0.1, 0.15) is 26.3 Å². The van der Waals surface area contributed by atoms with E-state index >= 15 is 0 Å². The van der Waals surface area contributed by atoms with Crippen LogP contribution >= 0.6 is 0 Å². The number of carbonyl (C=O) groups excluding carboxylic acids is 1. The zero-order valence-electron chi connectivity index (χ0n) is 11.7. The molecule has 0 saturated heterocycles. The Kier molecular flexibility index (Phi) is 5.42. The molecule has 0 aliphatic rings. The topological polar surface area (TPSA) is 61.4 Å². The number of amides is 2. The Morgan fingerprint density at radius 1 is 1.26 bits per heavy atom. The van der Waals surface area contributed by atoms with E-state index in [0.717, 1.165) is 12.0 Å². The van der Waals surface area contributed by atoms with Crippen LogP contribution in [-0.2, 0) is 6.42 Å². The van der Waals surface area contributed by atoms with Crippen LogP contribution in [0.25, 0.3) is 0 Å². The second-order valence-electron chi connectivity index (χ2n) is 5.52. The van der Waals surface area contributed by atoms with Crippen molar-refractivity contribution in [1.82, 2.24) is 10.6 Å². The molecule has 1 rings (SSSR count). The van der Waals surface area contributed by atoms with Gasteiger partial charge in [0.15, 0.2) is 0 Å². The van der Waals surface area contributed by atoms with Crippen LogP contribution in [-0.4, -0.2) is 17.7 Å². The first kappa shape index (κ1) is 15.1. The first-order valence-corrected chi connectivity index (χ1v) is 6.37. The standard InChI is InChI=1S/C15H22N2O2/c1-15(2,3)9-11-17-14(19)16-10-8-12-4-6-13(18)7-5-12/h4-7,9,11,18H,8,10H2,1-3H3,(H2,16,17,19)/b11-9+. The van der Waals surface area contributed by atoms with Gasteiger partial charge in [0, 0.05) is 12.7 Å². The van der Waals surface area contributed by atoms with E-state index in [9.17, 15) is 4.79 Å². The fraction of sp³-hybridized carbons (Fsp3) is 0.400. The molecule has 0 unspecified atom stereocenters. The number of aromatic hydroxyl groups is 1. The Balaban J connectivity index is 2.24. The maximum atomic E-state index is 11.5. The number of urea groups is 1. The molecule has 0 atom stereocenters. The van der Waals surface area contributed by atoms with Gasteiger partial charge in [-0.3, -0.25) is 0 Å². The molecule has 0 aromatic heterocycles. The Hall–Kier alpha value is -1.97. The molecule has 104 valence electrons.